The summed E-state index contributed by atoms with van der Waals surface area (Å²) < 4.78 is 5.30. The number of aliphatic hydroxyl groups excluding tert-OH is 1. The number of rotatable bonds is 2. The van der Waals surface area contributed by atoms with Crippen LogP contribution in [0.2, 0.25) is 0 Å². The van der Waals surface area contributed by atoms with Gasteiger partial charge in [0.1, 0.15) is 12.3 Å². The summed E-state index contributed by atoms with van der Waals surface area (Å²) in [6.45, 7) is 2.85. The number of ether oxygens (including phenoxy) is 1. The molecule has 1 aliphatic heterocycles. The molecule has 2 N–H and O–H groups in total. The first-order valence-corrected chi connectivity index (χ1v) is 6.10. The first kappa shape index (κ1) is 13.5. The highest BCUT2D eigenvalue weighted by atomic mass is 16.5. The molecule has 1 fully saturated rings. The van der Waals surface area contributed by atoms with Crippen LogP contribution in [0.1, 0.15) is 29.4 Å². The summed E-state index contributed by atoms with van der Waals surface area (Å²) in [6, 6.07) is 3.41. The molecule has 1 aromatic rings. The van der Waals surface area contributed by atoms with Gasteiger partial charge in [-0.05, 0) is 25.5 Å². The van der Waals surface area contributed by atoms with Crippen LogP contribution in [0.4, 0.5) is 0 Å². The monoisotopic (exact) mass is 260 g/mol. The van der Waals surface area contributed by atoms with Crippen LogP contribution in [0, 0.1) is 11.8 Å². The minimum absolute atomic E-state index is 0.249. The number of carbonyl (C=O) groups excluding carboxylic acids is 1. The Hall–Kier alpha value is -1.90. The van der Waals surface area contributed by atoms with Gasteiger partial charge < -0.3 is 15.2 Å². The summed E-state index contributed by atoms with van der Waals surface area (Å²) in [5.74, 6) is 4.98. The van der Waals surface area contributed by atoms with Crippen molar-refractivity contribution in [2.45, 2.75) is 18.9 Å². The van der Waals surface area contributed by atoms with Gasteiger partial charge in [-0.3, -0.25) is 4.79 Å². The fourth-order valence-electron chi connectivity index (χ4n) is 1.92. The second-order valence-corrected chi connectivity index (χ2v) is 4.68. The van der Waals surface area contributed by atoms with E-state index in [1.807, 2.05) is 6.92 Å². The van der Waals surface area contributed by atoms with Crippen molar-refractivity contribution in [2.75, 3.05) is 19.8 Å². The number of pyridine rings is 1. The molecular weight excluding hydrogens is 244 g/mol. The standard InChI is InChI=1S/C14H16N2O3/c1-14(6-9-19-10-14)16-13(18)12-11(5-3-8-17)4-2-7-15-12/h2,4,7,17H,6,8-10H2,1H3,(H,16,18). The number of nitrogens with zero attached hydrogens (tertiary/aromatic N) is 1. The molecule has 0 aromatic carbocycles. The van der Waals surface area contributed by atoms with Gasteiger partial charge in [0.2, 0.25) is 0 Å². The summed E-state index contributed by atoms with van der Waals surface area (Å²) in [4.78, 5) is 16.3. The van der Waals surface area contributed by atoms with Crippen LogP contribution in [-0.2, 0) is 4.74 Å². The predicted octanol–water partition coefficient (Wildman–Crippen LogP) is 0.334. The minimum Gasteiger partial charge on any atom is -0.384 e. The molecule has 0 bridgehead atoms. The molecule has 0 aliphatic carbocycles. The van der Waals surface area contributed by atoms with E-state index >= 15 is 0 Å². The molecular formula is C14H16N2O3. The highest BCUT2D eigenvalue weighted by Gasteiger charge is 2.32. The summed E-state index contributed by atoms with van der Waals surface area (Å²) in [7, 11) is 0. The minimum atomic E-state index is -0.351. The Morgan fingerprint density at radius 2 is 2.53 bits per heavy atom. The SMILES string of the molecule is CC1(NC(=O)c2ncccc2C#CCO)CCOC1. The van der Waals surface area contributed by atoms with E-state index < -0.39 is 0 Å². The zero-order valence-electron chi connectivity index (χ0n) is 10.8. The van der Waals surface area contributed by atoms with E-state index in [1.54, 1.807) is 18.3 Å². The van der Waals surface area contributed by atoms with E-state index in [0.29, 0.717) is 18.8 Å². The Morgan fingerprint density at radius 1 is 1.68 bits per heavy atom. The fourth-order valence-corrected chi connectivity index (χ4v) is 1.92. The van der Waals surface area contributed by atoms with Crippen molar-refractivity contribution in [3.05, 3.63) is 29.6 Å². The average Bonchev–Trinajstić information content (AvgIpc) is 2.83. The molecule has 1 saturated heterocycles. The van der Waals surface area contributed by atoms with Crippen LogP contribution >= 0.6 is 0 Å². The van der Waals surface area contributed by atoms with E-state index in [-0.39, 0.29) is 23.7 Å². The van der Waals surface area contributed by atoms with E-state index in [9.17, 15) is 4.79 Å². The number of hydrogen-bond acceptors (Lipinski definition) is 4. The van der Waals surface area contributed by atoms with Crippen LogP contribution in [0.5, 0.6) is 0 Å². The lowest BCUT2D eigenvalue weighted by Crippen LogP contribution is -2.46. The maximum atomic E-state index is 12.2. The highest BCUT2D eigenvalue weighted by molar-refractivity contribution is 5.95. The van der Waals surface area contributed by atoms with Crippen molar-refractivity contribution in [3.63, 3.8) is 0 Å². The molecule has 1 amide bonds. The van der Waals surface area contributed by atoms with E-state index in [0.717, 1.165) is 6.42 Å². The van der Waals surface area contributed by atoms with Crippen molar-refractivity contribution in [3.8, 4) is 11.8 Å². The third-order valence-corrected chi connectivity index (χ3v) is 2.96. The molecule has 5 nitrogen and oxygen atoms in total. The molecule has 0 saturated carbocycles. The number of aliphatic hydroxyl groups is 1. The van der Waals surface area contributed by atoms with Crippen molar-refractivity contribution in [1.29, 1.82) is 0 Å². The van der Waals surface area contributed by atoms with Crippen LogP contribution in [-0.4, -0.2) is 41.4 Å². The van der Waals surface area contributed by atoms with E-state index in [4.69, 9.17) is 9.84 Å². The fraction of sp³-hybridized carbons (Fsp3) is 0.429. The van der Waals surface area contributed by atoms with Crippen molar-refractivity contribution >= 4 is 5.91 Å². The van der Waals surface area contributed by atoms with Gasteiger partial charge in [-0.25, -0.2) is 4.98 Å². The van der Waals surface area contributed by atoms with Crippen LogP contribution < -0.4 is 5.32 Å². The van der Waals surface area contributed by atoms with Crippen LogP contribution in [0.25, 0.3) is 0 Å². The first-order chi connectivity index (χ1) is 9.14. The molecule has 0 spiro atoms. The lowest BCUT2D eigenvalue weighted by atomic mass is 10.0. The smallest absolute Gasteiger partial charge is 0.271 e. The Morgan fingerprint density at radius 3 is 3.21 bits per heavy atom. The molecule has 2 heterocycles. The highest BCUT2D eigenvalue weighted by Crippen LogP contribution is 2.18. The number of amides is 1. The summed E-state index contributed by atoms with van der Waals surface area (Å²) in [6.07, 6.45) is 2.33. The molecule has 1 unspecified atom stereocenters. The third kappa shape index (κ3) is 3.31. The Kier molecular flexibility index (Phi) is 4.15. The molecule has 0 radical (unpaired) electrons. The lowest BCUT2D eigenvalue weighted by molar-refractivity contribution is 0.0884. The van der Waals surface area contributed by atoms with Crippen molar-refractivity contribution in [1.82, 2.24) is 10.3 Å². The van der Waals surface area contributed by atoms with Crippen molar-refractivity contribution in [2.24, 2.45) is 0 Å². The Bertz CT molecular complexity index is 525. The Labute approximate surface area is 112 Å². The molecule has 1 atom stereocenters. The van der Waals surface area contributed by atoms with Gasteiger partial charge in [0.05, 0.1) is 17.7 Å². The zero-order chi connectivity index (χ0) is 13.7. The van der Waals surface area contributed by atoms with Gasteiger partial charge >= 0.3 is 0 Å². The second kappa shape index (κ2) is 5.83. The summed E-state index contributed by atoms with van der Waals surface area (Å²) in [5, 5.41) is 11.6. The van der Waals surface area contributed by atoms with Gasteiger partial charge in [-0.15, -0.1) is 0 Å². The van der Waals surface area contributed by atoms with Gasteiger partial charge in [0.25, 0.3) is 5.91 Å². The first-order valence-electron chi connectivity index (χ1n) is 6.10. The molecule has 19 heavy (non-hydrogen) atoms. The van der Waals surface area contributed by atoms with Gasteiger partial charge in [0, 0.05) is 12.8 Å². The lowest BCUT2D eigenvalue weighted by Gasteiger charge is -2.23. The van der Waals surface area contributed by atoms with Crippen LogP contribution in [0.3, 0.4) is 0 Å². The molecule has 2 rings (SSSR count). The third-order valence-electron chi connectivity index (χ3n) is 2.96. The molecule has 5 heteroatoms. The predicted molar refractivity (Wildman–Crippen MR) is 69.5 cm³/mol. The maximum absolute atomic E-state index is 12.2. The quantitative estimate of drug-likeness (QED) is 0.752. The van der Waals surface area contributed by atoms with Gasteiger partial charge in [-0.1, -0.05) is 11.8 Å². The maximum Gasteiger partial charge on any atom is 0.271 e. The number of nitrogens with one attached hydrogen (secondary N) is 1. The van der Waals surface area contributed by atoms with Gasteiger partial charge in [-0.2, -0.15) is 0 Å². The zero-order valence-corrected chi connectivity index (χ0v) is 10.8. The molecule has 1 aliphatic rings. The largest absolute Gasteiger partial charge is 0.384 e. The topological polar surface area (TPSA) is 71.5 Å². The second-order valence-electron chi connectivity index (χ2n) is 4.68. The summed E-state index contributed by atoms with van der Waals surface area (Å²) >= 11 is 0. The van der Waals surface area contributed by atoms with Crippen LogP contribution in [0.15, 0.2) is 18.3 Å². The molecule has 100 valence electrons. The summed E-state index contributed by atoms with van der Waals surface area (Å²) in [5.41, 5.74) is 0.434. The Balaban J connectivity index is 2.19. The van der Waals surface area contributed by atoms with Crippen molar-refractivity contribution < 1.29 is 14.6 Å². The number of aromatic nitrogens is 1. The molecule has 1 aromatic heterocycles. The number of hydrogen-bond donors (Lipinski definition) is 2. The average molecular weight is 260 g/mol. The van der Waals surface area contributed by atoms with E-state index in [2.05, 4.69) is 22.1 Å². The van der Waals surface area contributed by atoms with Gasteiger partial charge in [0.15, 0.2) is 0 Å². The van der Waals surface area contributed by atoms with E-state index in [1.165, 1.54) is 0 Å². The normalized spacial score (nSPS) is 21.6. The number of carbonyl (C=O) groups is 1.